The number of unbranched alkanes of at least 4 members (excludes halogenated alkanes) is 11. The molecule has 0 spiro atoms. The van der Waals surface area contributed by atoms with Gasteiger partial charge in [0.2, 0.25) is 0 Å². The SMILES string of the molecule is CCCCCCCCCCCCC/C=C/[C@H]1OC(=O)N[C@H]1C(=O)OCC. The molecule has 0 bridgehead atoms. The predicted octanol–water partition coefficient (Wildman–Crippen LogP) is 5.28. The molecule has 0 aliphatic carbocycles. The Morgan fingerprint density at radius 1 is 1.00 bits per heavy atom. The average Bonchev–Trinajstić information content (AvgIpc) is 3.00. The van der Waals surface area contributed by atoms with E-state index in [4.69, 9.17) is 9.47 Å². The van der Waals surface area contributed by atoms with Gasteiger partial charge in [0.1, 0.15) is 0 Å². The summed E-state index contributed by atoms with van der Waals surface area (Å²) in [7, 11) is 0. The first-order valence-electron chi connectivity index (χ1n) is 10.5. The molecule has 1 aliphatic rings. The molecular formula is C21H37NO4. The van der Waals surface area contributed by atoms with Crippen molar-refractivity contribution in [1.29, 1.82) is 0 Å². The maximum Gasteiger partial charge on any atom is 0.408 e. The van der Waals surface area contributed by atoms with E-state index in [0.29, 0.717) is 6.61 Å². The lowest BCUT2D eigenvalue weighted by atomic mass is 10.0. The predicted molar refractivity (Wildman–Crippen MR) is 104 cm³/mol. The average molecular weight is 368 g/mol. The number of carbonyl (C=O) groups excluding carboxylic acids is 2. The molecule has 0 saturated carbocycles. The van der Waals surface area contributed by atoms with Gasteiger partial charge < -0.3 is 14.8 Å². The Hall–Kier alpha value is -1.52. The van der Waals surface area contributed by atoms with Crippen LogP contribution in [0.5, 0.6) is 0 Å². The Kier molecular flexibility index (Phi) is 12.7. The molecule has 0 aromatic heterocycles. The Morgan fingerprint density at radius 3 is 2.15 bits per heavy atom. The molecule has 1 heterocycles. The third-order valence-corrected chi connectivity index (χ3v) is 4.69. The molecule has 150 valence electrons. The molecule has 1 aliphatic heterocycles. The van der Waals surface area contributed by atoms with Crippen LogP contribution in [-0.2, 0) is 14.3 Å². The van der Waals surface area contributed by atoms with Crippen molar-refractivity contribution in [3.05, 3.63) is 12.2 Å². The summed E-state index contributed by atoms with van der Waals surface area (Å²) in [6.45, 7) is 4.29. The smallest absolute Gasteiger partial charge is 0.408 e. The van der Waals surface area contributed by atoms with Crippen molar-refractivity contribution in [3.8, 4) is 0 Å². The third kappa shape index (κ3) is 9.83. The van der Waals surface area contributed by atoms with Crippen LogP contribution in [0.3, 0.4) is 0 Å². The van der Waals surface area contributed by atoms with Crippen molar-refractivity contribution >= 4 is 12.1 Å². The highest BCUT2D eigenvalue weighted by Crippen LogP contribution is 2.14. The molecule has 2 atom stereocenters. The van der Waals surface area contributed by atoms with E-state index in [-0.39, 0.29) is 0 Å². The topological polar surface area (TPSA) is 64.6 Å². The van der Waals surface area contributed by atoms with Gasteiger partial charge in [0.05, 0.1) is 6.61 Å². The van der Waals surface area contributed by atoms with Crippen LogP contribution >= 0.6 is 0 Å². The highest BCUT2D eigenvalue weighted by molar-refractivity contribution is 5.85. The van der Waals surface area contributed by atoms with Gasteiger partial charge in [0.25, 0.3) is 0 Å². The first-order valence-corrected chi connectivity index (χ1v) is 10.5. The summed E-state index contributed by atoms with van der Waals surface area (Å²) in [6, 6.07) is -0.726. The van der Waals surface area contributed by atoms with Crippen LogP contribution in [0.15, 0.2) is 12.2 Å². The summed E-state index contributed by atoms with van der Waals surface area (Å²) in [5.41, 5.74) is 0. The molecule has 0 radical (unpaired) electrons. The van der Waals surface area contributed by atoms with E-state index in [9.17, 15) is 9.59 Å². The summed E-state index contributed by atoms with van der Waals surface area (Å²) in [6.07, 6.45) is 18.2. The first kappa shape index (κ1) is 22.5. The lowest BCUT2D eigenvalue weighted by molar-refractivity contribution is -0.146. The van der Waals surface area contributed by atoms with E-state index in [1.165, 1.54) is 64.2 Å². The number of alkyl carbamates (subject to hydrolysis) is 1. The van der Waals surface area contributed by atoms with Gasteiger partial charge in [0.15, 0.2) is 12.1 Å². The molecule has 1 amide bonds. The number of hydrogen-bond acceptors (Lipinski definition) is 4. The molecule has 0 aromatic carbocycles. The van der Waals surface area contributed by atoms with Gasteiger partial charge in [-0.15, -0.1) is 0 Å². The van der Waals surface area contributed by atoms with E-state index < -0.39 is 24.2 Å². The number of allylic oxidation sites excluding steroid dienone is 1. The van der Waals surface area contributed by atoms with Crippen LogP contribution in [0, 0.1) is 0 Å². The highest BCUT2D eigenvalue weighted by atomic mass is 16.6. The Bertz CT molecular complexity index is 422. The van der Waals surface area contributed by atoms with Gasteiger partial charge in [-0.1, -0.05) is 77.2 Å². The molecule has 1 saturated heterocycles. The van der Waals surface area contributed by atoms with E-state index >= 15 is 0 Å². The molecule has 0 unspecified atom stereocenters. The number of nitrogens with one attached hydrogen (secondary N) is 1. The number of rotatable bonds is 15. The van der Waals surface area contributed by atoms with Crippen LogP contribution < -0.4 is 5.32 Å². The fraction of sp³-hybridized carbons (Fsp3) is 0.810. The third-order valence-electron chi connectivity index (χ3n) is 4.69. The minimum absolute atomic E-state index is 0.292. The fourth-order valence-electron chi connectivity index (χ4n) is 3.17. The normalized spacial score (nSPS) is 19.5. The summed E-state index contributed by atoms with van der Waals surface area (Å²) < 4.78 is 10.1. The second-order valence-corrected chi connectivity index (χ2v) is 7.00. The molecule has 1 rings (SSSR count). The van der Waals surface area contributed by atoms with Gasteiger partial charge >= 0.3 is 12.1 Å². The number of esters is 1. The minimum Gasteiger partial charge on any atom is -0.464 e. The lowest BCUT2D eigenvalue weighted by Gasteiger charge is -2.11. The lowest BCUT2D eigenvalue weighted by Crippen LogP contribution is -2.39. The van der Waals surface area contributed by atoms with Crippen molar-refractivity contribution in [1.82, 2.24) is 5.32 Å². The van der Waals surface area contributed by atoms with Gasteiger partial charge in [-0.05, 0) is 25.8 Å². The summed E-state index contributed by atoms with van der Waals surface area (Å²) in [4.78, 5) is 23.1. The van der Waals surface area contributed by atoms with Crippen molar-refractivity contribution in [2.75, 3.05) is 6.61 Å². The minimum atomic E-state index is -0.726. The zero-order valence-corrected chi connectivity index (χ0v) is 16.6. The zero-order chi connectivity index (χ0) is 19.0. The van der Waals surface area contributed by atoms with Crippen LogP contribution in [0.1, 0.15) is 90.9 Å². The molecule has 1 N–H and O–H groups in total. The highest BCUT2D eigenvalue weighted by Gasteiger charge is 2.38. The van der Waals surface area contributed by atoms with Crippen molar-refractivity contribution in [3.63, 3.8) is 0 Å². The van der Waals surface area contributed by atoms with E-state index in [0.717, 1.165) is 12.8 Å². The Balaban J connectivity index is 2.03. The summed E-state index contributed by atoms with van der Waals surface area (Å²) in [5, 5.41) is 2.50. The Labute approximate surface area is 158 Å². The molecule has 0 aromatic rings. The molecule has 26 heavy (non-hydrogen) atoms. The second kappa shape index (κ2) is 14.6. The van der Waals surface area contributed by atoms with Crippen LogP contribution in [-0.4, -0.2) is 30.8 Å². The van der Waals surface area contributed by atoms with E-state index in [1.807, 2.05) is 6.08 Å². The van der Waals surface area contributed by atoms with Gasteiger partial charge in [-0.2, -0.15) is 0 Å². The molecular weight excluding hydrogens is 330 g/mol. The fourth-order valence-corrected chi connectivity index (χ4v) is 3.17. The Morgan fingerprint density at radius 2 is 1.58 bits per heavy atom. The molecule has 1 fully saturated rings. The number of cyclic esters (lactones) is 1. The number of carbonyl (C=O) groups is 2. The van der Waals surface area contributed by atoms with Crippen LogP contribution in [0.2, 0.25) is 0 Å². The maximum atomic E-state index is 11.8. The quantitative estimate of drug-likeness (QED) is 0.243. The number of hydrogen-bond donors (Lipinski definition) is 1. The van der Waals surface area contributed by atoms with Gasteiger partial charge in [-0.25, -0.2) is 9.59 Å². The van der Waals surface area contributed by atoms with Crippen molar-refractivity contribution < 1.29 is 19.1 Å². The zero-order valence-electron chi connectivity index (χ0n) is 16.6. The standard InChI is InChI=1S/C21H37NO4/c1-3-5-6-7-8-9-10-11-12-13-14-15-16-17-18-19(20(23)25-4-2)22-21(24)26-18/h16-19H,3-15H2,1-2H3,(H,22,24)/b17-16+/t18-,19-/m1/s1. The van der Waals surface area contributed by atoms with Gasteiger partial charge in [0, 0.05) is 0 Å². The monoisotopic (exact) mass is 367 g/mol. The summed E-state index contributed by atoms with van der Waals surface area (Å²) in [5.74, 6) is -0.442. The van der Waals surface area contributed by atoms with Crippen LogP contribution in [0.25, 0.3) is 0 Å². The molecule has 5 nitrogen and oxygen atoms in total. The van der Waals surface area contributed by atoms with Crippen molar-refractivity contribution in [2.24, 2.45) is 0 Å². The largest absolute Gasteiger partial charge is 0.464 e. The molecule has 5 heteroatoms. The van der Waals surface area contributed by atoms with Crippen molar-refractivity contribution in [2.45, 2.75) is 103 Å². The van der Waals surface area contributed by atoms with E-state index in [1.54, 1.807) is 13.0 Å². The number of amides is 1. The van der Waals surface area contributed by atoms with Crippen LogP contribution in [0.4, 0.5) is 4.79 Å². The van der Waals surface area contributed by atoms with Gasteiger partial charge in [-0.3, -0.25) is 0 Å². The summed E-state index contributed by atoms with van der Waals surface area (Å²) >= 11 is 0. The number of ether oxygens (including phenoxy) is 2. The second-order valence-electron chi connectivity index (χ2n) is 7.00. The maximum absolute atomic E-state index is 11.8. The van der Waals surface area contributed by atoms with E-state index in [2.05, 4.69) is 12.2 Å². The first-order chi connectivity index (χ1) is 12.7.